The molecule has 1 N–H and O–H groups in total. The van der Waals surface area contributed by atoms with E-state index in [9.17, 15) is 4.79 Å². The molecule has 1 aromatic heterocycles. The zero-order valence-corrected chi connectivity index (χ0v) is 12.1. The first kappa shape index (κ1) is 13.8. The van der Waals surface area contributed by atoms with Gasteiger partial charge < -0.3 is 10.0 Å². The number of benzene rings is 1. The predicted molar refractivity (Wildman–Crippen MR) is 77.4 cm³/mol. The van der Waals surface area contributed by atoms with Gasteiger partial charge in [-0.05, 0) is 25.1 Å². The Morgan fingerprint density at radius 3 is 2.79 bits per heavy atom. The Morgan fingerprint density at radius 2 is 2.26 bits per heavy atom. The van der Waals surface area contributed by atoms with Crippen molar-refractivity contribution in [3.05, 3.63) is 44.9 Å². The van der Waals surface area contributed by atoms with Crippen molar-refractivity contribution in [2.45, 2.75) is 13.5 Å². The van der Waals surface area contributed by atoms with E-state index in [1.54, 1.807) is 23.5 Å². The lowest BCUT2D eigenvalue weighted by atomic mass is 10.2. The summed E-state index contributed by atoms with van der Waals surface area (Å²) in [4.78, 5) is 18.2. The van der Waals surface area contributed by atoms with Gasteiger partial charge in [-0.1, -0.05) is 11.6 Å². The van der Waals surface area contributed by atoms with Crippen molar-refractivity contribution in [2.24, 2.45) is 0 Å². The standard InChI is InChI=1S/C13H13ClN2O2S/c1-8-12(19-7-15-8)6-16(2)11-4-3-9(13(17)18)5-10(11)14/h3-5,7H,6H2,1-2H3,(H,17,18). The SMILES string of the molecule is Cc1ncsc1CN(C)c1ccc(C(=O)O)cc1Cl. The lowest BCUT2D eigenvalue weighted by Gasteiger charge is -2.20. The van der Waals surface area contributed by atoms with E-state index in [0.29, 0.717) is 11.6 Å². The molecule has 19 heavy (non-hydrogen) atoms. The molecule has 4 nitrogen and oxygen atoms in total. The minimum atomic E-state index is -0.977. The molecule has 0 saturated carbocycles. The summed E-state index contributed by atoms with van der Waals surface area (Å²) in [6.07, 6.45) is 0. The molecule has 0 atom stereocenters. The van der Waals surface area contributed by atoms with Crippen LogP contribution in [0.1, 0.15) is 20.9 Å². The second-order valence-electron chi connectivity index (χ2n) is 4.19. The number of carboxylic acids is 1. The monoisotopic (exact) mass is 296 g/mol. The van der Waals surface area contributed by atoms with E-state index >= 15 is 0 Å². The lowest BCUT2D eigenvalue weighted by Crippen LogP contribution is -2.16. The zero-order valence-electron chi connectivity index (χ0n) is 10.6. The normalized spacial score (nSPS) is 10.5. The van der Waals surface area contributed by atoms with Crippen LogP contribution < -0.4 is 4.90 Å². The molecular weight excluding hydrogens is 284 g/mol. The van der Waals surface area contributed by atoms with Crippen molar-refractivity contribution < 1.29 is 9.90 Å². The summed E-state index contributed by atoms with van der Waals surface area (Å²) < 4.78 is 0. The molecular formula is C13H13ClN2O2S. The van der Waals surface area contributed by atoms with Gasteiger partial charge in [0, 0.05) is 11.9 Å². The van der Waals surface area contributed by atoms with Crippen LogP contribution in [0.3, 0.4) is 0 Å². The van der Waals surface area contributed by atoms with E-state index in [4.69, 9.17) is 16.7 Å². The molecule has 0 spiro atoms. The fourth-order valence-electron chi connectivity index (χ4n) is 1.73. The van der Waals surface area contributed by atoms with Gasteiger partial charge in [0.05, 0.1) is 34.0 Å². The van der Waals surface area contributed by atoms with Gasteiger partial charge in [-0.2, -0.15) is 0 Å². The third kappa shape index (κ3) is 3.05. The number of rotatable bonds is 4. The van der Waals surface area contributed by atoms with Crippen LogP contribution in [0, 0.1) is 6.92 Å². The first-order chi connectivity index (χ1) is 8.99. The molecule has 0 aliphatic carbocycles. The Balaban J connectivity index is 2.22. The van der Waals surface area contributed by atoms with E-state index in [2.05, 4.69) is 4.98 Å². The second-order valence-corrected chi connectivity index (χ2v) is 5.53. The predicted octanol–water partition coefficient (Wildman–Crippen LogP) is 3.44. The van der Waals surface area contributed by atoms with Crippen molar-refractivity contribution in [1.29, 1.82) is 0 Å². The number of hydrogen-bond donors (Lipinski definition) is 1. The first-order valence-electron chi connectivity index (χ1n) is 5.62. The van der Waals surface area contributed by atoms with Crippen molar-refractivity contribution in [2.75, 3.05) is 11.9 Å². The molecule has 0 saturated heterocycles. The molecule has 1 heterocycles. The third-order valence-electron chi connectivity index (χ3n) is 2.83. The topological polar surface area (TPSA) is 53.4 Å². The molecule has 0 unspecified atom stereocenters. The number of nitrogens with zero attached hydrogens (tertiary/aromatic N) is 2. The van der Waals surface area contributed by atoms with Crippen LogP contribution >= 0.6 is 22.9 Å². The van der Waals surface area contributed by atoms with Crippen molar-refractivity contribution in [3.8, 4) is 0 Å². The summed E-state index contributed by atoms with van der Waals surface area (Å²) in [5.74, 6) is -0.977. The summed E-state index contributed by atoms with van der Waals surface area (Å²) >= 11 is 7.73. The molecule has 2 rings (SSSR count). The number of halogens is 1. The number of aromatic nitrogens is 1. The maximum Gasteiger partial charge on any atom is 0.335 e. The van der Waals surface area contributed by atoms with Crippen molar-refractivity contribution >= 4 is 34.6 Å². The summed E-state index contributed by atoms with van der Waals surface area (Å²) in [6, 6.07) is 4.75. The fraction of sp³-hybridized carbons (Fsp3) is 0.231. The number of anilines is 1. The number of carboxylic acid groups (broad SMARTS) is 1. The average Bonchev–Trinajstić information content (AvgIpc) is 2.74. The Hall–Kier alpha value is -1.59. The van der Waals surface area contributed by atoms with Crippen molar-refractivity contribution in [3.63, 3.8) is 0 Å². The molecule has 2 aromatic rings. The van der Waals surface area contributed by atoms with Gasteiger partial charge in [-0.3, -0.25) is 0 Å². The smallest absolute Gasteiger partial charge is 0.335 e. The summed E-state index contributed by atoms with van der Waals surface area (Å²) in [6.45, 7) is 2.66. The van der Waals surface area contributed by atoms with E-state index in [1.165, 1.54) is 10.9 Å². The molecule has 0 amide bonds. The Bertz CT molecular complexity index is 612. The largest absolute Gasteiger partial charge is 0.478 e. The van der Waals surface area contributed by atoms with Crippen LogP contribution in [0.5, 0.6) is 0 Å². The summed E-state index contributed by atoms with van der Waals surface area (Å²) in [5.41, 5.74) is 3.82. The van der Waals surface area contributed by atoms with Gasteiger partial charge in [-0.25, -0.2) is 9.78 Å². The van der Waals surface area contributed by atoms with E-state index in [1.807, 2.05) is 24.4 Å². The Kier molecular flexibility index (Phi) is 4.07. The van der Waals surface area contributed by atoms with E-state index in [-0.39, 0.29) is 5.56 Å². The Labute approximate surface area is 120 Å². The number of carbonyl (C=O) groups is 1. The van der Waals surface area contributed by atoms with Gasteiger partial charge in [0.25, 0.3) is 0 Å². The lowest BCUT2D eigenvalue weighted by molar-refractivity contribution is 0.0697. The summed E-state index contributed by atoms with van der Waals surface area (Å²) in [7, 11) is 1.92. The van der Waals surface area contributed by atoms with Crippen LogP contribution in [0.25, 0.3) is 0 Å². The molecule has 6 heteroatoms. The molecule has 0 radical (unpaired) electrons. The fourth-order valence-corrected chi connectivity index (χ4v) is 2.88. The van der Waals surface area contributed by atoms with Gasteiger partial charge in [0.1, 0.15) is 0 Å². The number of aryl methyl sites for hydroxylation is 1. The highest BCUT2D eigenvalue weighted by atomic mass is 35.5. The highest BCUT2D eigenvalue weighted by Gasteiger charge is 2.12. The van der Waals surface area contributed by atoms with Gasteiger partial charge >= 0.3 is 5.97 Å². The van der Waals surface area contributed by atoms with E-state index < -0.39 is 5.97 Å². The molecule has 0 aliphatic rings. The molecule has 0 aliphatic heterocycles. The Morgan fingerprint density at radius 1 is 1.53 bits per heavy atom. The number of hydrogen-bond acceptors (Lipinski definition) is 4. The second kappa shape index (κ2) is 5.59. The van der Waals surface area contributed by atoms with Crippen molar-refractivity contribution in [1.82, 2.24) is 4.98 Å². The highest BCUT2D eigenvalue weighted by Crippen LogP contribution is 2.28. The molecule has 0 fully saturated rings. The third-order valence-corrected chi connectivity index (χ3v) is 4.05. The quantitative estimate of drug-likeness (QED) is 0.939. The minimum absolute atomic E-state index is 0.191. The van der Waals surface area contributed by atoms with E-state index in [0.717, 1.165) is 11.4 Å². The molecule has 1 aromatic carbocycles. The maximum atomic E-state index is 10.9. The van der Waals surface area contributed by atoms with Gasteiger partial charge in [0.15, 0.2) is 0 Å². The molecule has 0 bridgehead atoms. The van der Waals surface area contributed by atoms with Crippen LogP contribution in [0.15, 0.2) is 23.7 Å². The number of thiazole rings is 1. The first-order valence-corrected chi connectivity index (χ1v) is 6.87. The number of aromatic carboxylic acids is 1. The average molecular weight is 297 g/mol. The van der Waals surface area contributed by atoms with Crippen LogP contribution in [-0.2, 0) is 6.54 Å². The van der Waals surface area contributed by atoms with Gasteiger partial charge in [-0.15, -0.1) is 11.3 Å². The van der Waals surface area contributed by atoms with Gasteiger partial charge in [0.2, 0.25) is 0 Å². The van der Waals surface area contributed by atoms with Crippen LogP contribution in [0.2, 0.25) is 5.02 Å². The zero-order chi connectivity index (χ0) is 14.0. The van der Waals surface area contributed by atoms with Crippen LogP contribution in [0.4, 0.5) is 5.69 Å². The maximum absolute atomic E-state index is 10.9. The van der Waals surface area contributed by atoms with Crippen LogP contribution in [-0.4, -0.2) is 23.1 Å². The minimum Gasteiger partial charge on any atom is -0.478 e. The highest BCUT2D eigenvalue weighted by molar-refractivity contribution is 7.09. The summed E-state index contributed by atoms with van der Waals surface area (Å²) in [5, 5.41) is 9.34. The molecule has 100 valence electrons.